The highest BCUT2D eigenvalue weighted by molar-refractivity contribution is 7.91. The SMILES string of the molecule is [2H]C([2H])([2H])C(c1nc(NS(C)(=O)=O)nc(-c2ccc(F)cc2)c1/C=C/[C@H](O)C[C@H](O)CC(=O)O)C([2H])([2H])[2H]. The molecule has 0 saturated heterocycles. The fraction of sp³-hybridized carbons (Fsp3) is 0.381. The molecule has 0 aliphatic heterocycles. The number of hydrogen-bond donors (Lipinski definition) is 4. The third-order valence-electron chi connectivity index (χ3n) is 4.05. The van der Waals surface area contributed by atoms with Crippen LogP contribution < -0.4 is 4.72 Å². The van der Waals surface area contributed by atoms with E-state index in [0.29, 0.717) is 0 Å². The monoisotopic (exact) mass is 473 g/mol. The van der Waals surface area contributed by atoms with Crippen molar-refractivity contribution in [2.24, 2.45) is 0 Å². The van der Waals surface area contributed by atoms with Gasteiger partial charge in [0.15, 0.2) is 0 Å². The maximum Gasteiger partial charge on any atom is 0.305 e. The number of aliphatic hydroxyl groups is 2. The molecule has 0 radical (unpaired) electrons. The molecule has 0 saturated carbocycles. The Hall–Kier alpha value is -2.89. The molecular formula is C21H26FN3O6S. The van der Waals surface area contributed by atoms with E-state index >= 15 is 0 Å². The number of hydrogen-bond acceptors (Lipinski definition) is 7. The number of carboxylic acids is 1. The predicted molar refractivity (Wildman–Crippen MR) is 118 cm³/mol. The Morgan fingerprint density at radius 3 is 2.47 bits per heavy atom. The summed E-state index contributed by atoms with van der Waals surface area (Å²) >= 11 is 0. The van der Waals surface area contributed by atoms with E-state index in [9.17, 15) is 27.8 Å². The van der Waals surface area contributed by atoms with Crippen molar-refractivity contribution in [3.63, 3.8) is 0 Å². The zero-order valence-corrected chi connectivity index (χ0v) is 17.7. The van der Waals surface area contributed by atoms with Crippen molar-refractivity contribution in [1.82, 2.24) is 9.97 Å². The summed E-state index contributed by atoms with van der Waals surface area (Å²) in [5.41, 5.74) is -0.907. The number of carbonyl (C=O) groups is 1. The summed E-state index contributed by atoms with van der Waals surface area (Å²) in [5, 5.41) is 28.9. The van der Waals surface area contributed by atoms with E-state index in [1.165, 1.54) is 12.1 Å². The molecular weight excluding hydrogens is 441 g/mol. The lowest BCUT2D eigenvalue weighted by Crippen LogP contribution is -2.19. The van der Waals surface area contributed by atoms with Crippen LogP contribution in [0, 0.1) is 5.82 Å². The highest BCUT2D eigenvalue weighted by Crippen LogP contribution is 2.30. The number of aliphatic hydroxyl groups excluding tert-OH is 2. The average Bonchev–Trinajstić information content (AvgIpc) is 2.69. The topological polar surface area (TPSA) is 150 Å². The van der Waals surface area contributed by atoms with Gasteiger partial charge < -0.3 is 15.3 Å². The summed E-state index contributed by atoms with van der Waals surface area (Å²) in [6.07, 6.45) is -1.09. The highest BCUT2D eigenvalue weighted by Gasteiger charge is 2.19. The van der Waals surface area contributed by atoms with Crippen LogP contribution in [0.15, 0.2) is 30.3 Å². The molecule has 0 bridgehead atoms. The summed E-state index contributed by atoms with van der Waals surface area (Å²) in [6.45, 7) is -6.33. The summed E-state index contributed by atoms with van der Waals surface area (Å²) in [5.74, 6) is -4.84. The van der Waals surface area contributed by atoms with Gasteiger partial charge in [-0.15, -0.1) is 0 Å². The molecule has 0 fully saturated rings. The standard InChI is InChI=1S/C21H26FN3O6S/c1-12(2)19-17(9-8-15(26)10-16(27)11-18(28)29)20(13-4-6-14(22)7-5-13)24-21(23-19)25-32(3,30)31/h4-9,12,15-16,26-27H,10-11H2,1-3H3,(H,28,29)(H,23,24,25)/b9-8+/t15-,16-/m0/s1/i1D3,2D3. The minimum Gasteiger partial charge on any atom is -0.481 e. The summed E-state index contributed by atoms with van der Waals surface area (Å²) in [7, 11) is -4.01. The third kappa shape index (κ3) is 7.66. The van der Waals surface area contributed by atoms with E-state index < -0.39 is 78.1 Å². The number of halogens is 1. The normalized spacial score (nSPS) is 17.5. The lowest BCUT2D eigenvalue weighted by molar-refractivity contribution is -0.139. The minimum atomic E-state index is -4.01. The molecule has 32 heavy (non-hydrogen) atoms. The largest absolute Gasteiger partial charge is 0.481 e. The number of benzene rings is 1. The van der Waals surface area contributed by atoms with Crippen LogP contribution in [0.4, 0.5) is 10.3 Å². The van der Waals surface area contributed by atoms with Crippen LogP contribution in [-0.4, -0.2) is 58.1 Å². The quantitative estimate of drug-likeness (QED) is 0.411. The lowest BCUT2D eigenvalue weighted by Gasteiger charge is -2.17. The van der Waals surface area contributed by atoms with E-state index in [4.69, 9.17) is 13.3 Å². The van der Waals surface area contributed by atoms with Crippen molar-refractivity contribution in [2.75, 3.05) is 11.0 Å². The molecule has 0 aliphatic rings. The van der Waals surface area contributed by atoms with Crippen molar-refractivity contribution >= 4 is 28.0 Å². The molecule has 2 atom stereocenters. The zero-order valence-electron chi connectivity index (χ0n) is 22.9. The number of rotatable bonds is 10. The first kappa shape index (κ1) is 17.6. The Morgan fingerprint density at radius 1 is 1.25 bits per heavy atom. The second kappa shape index (κ2) is 10.6. The average molecular weight is 474 g/mol. The molecule has 0 amide bonds. The Balaban J connectivity index is 2.85. The maximum atomic E-state index is 13.6. The third-order valence-corrected chi connectivity index (χ3v) is 4.61. The van der Waals surface area contributed by atoms with Crippen LogP contribution in [0.1, 0.15) is 51.9 Å². The van der Waals surface area contributed by atoms with Crippen molar-refractivity contribution in [2.45, 2.75) is 44.7 Å². The van der Waals surface area contributed by atoms with Crippen molar-refractivity contribution < 1.29 is 41.1 Å². The van der Waals surface area contributed by atoms with E-state index in [1.807, 2.05) is 4.72 Å². The minimum absolute atomic E-state index is 0.126. The van der Waals surface area contributed by atoms with Crippen LogP contribution in [0.25, 0.3) is 17.3 Å². The van der Waals surface area contributed by atoms with E-state index in [-0.39, 0.29) is 16.8 Å². The zero-order chi connectivity index (χ0) is 29.1. The molecule has 9 nitrogen and oxygen atoms in total. The molecule has 1 aromatic heterocycles. The predicted octanol–water partition coefficient (Wildman–Crippen LogP) is 2.38. The van der Waals surface area contributed by atoms with Crippen LogP contribution >= 0.6 is 0 Å². The first-order chi connectivity index (χ1) is 17.3. The van der Waals surface area contributed by atoms with E-state index in [2.05, 4.69) is 9.97 Å². The van der Waals surface area contributed by atoms with Gasteiger partial charge >= 0.3 is 5.97 Å². The number of aromatic nitrogens is 2. The van der Waals surface area contributed by atoms with Gasteiger partial charge in [0, 0.05) is 25.8 Å². The highest BCUT2D eigenvalue weighted by atomic mass is 32.2. The second-order valence-electron chi connectivity index (χ2n) is 6.92. The smallest absolute Gasteiger partial charge is 0.305 e. The second-order valence-corrected chi connectivity index (χ2v) is 8.67. The van der Waals surface area contributed by atoms with Gasteiger partial charge in [0.2, 0.25) is 16.0 Å². The molecule has 1 aromatic carbocycles. The van der Waals surface area contributed by atoms with Gasteiger partial charge in [-0.3, -0.25) is 9.52 Å². The number of carboxylic acid groups (broad SMARTS) is 1. The van der Waals surface area contributed by atoms with Crippen molar-refractivity contribution in [3.05, 3.63) is 47.4 Å². The molecule has 0 aliphatic carbocycles. The molecule has 4 N–H and O–H groups in total. The van der Waals surface area contributed by atoms with Crippen LogP contribution in [-0.2, 0) is 14.8 Å². The molecule has 0 unspecified atom stereocenters. The van der Waals surface area contributed by atoms with Gasteiger partial charge in [-0.2, -0.15) is 0 Å². The number of aliphatic carboxylic acids is 1. The van der Waals surface area contributed by atoms with Crippen molar-refractivity contribution in [1.29, 1.82) is 0 Å². The fourth-order valence-corrected chi connectivity index (χ4v) is 3.18. The van der Waals surface area contributed by atoms with E-state index in [0.717, 1.165) is 30.5 Å². The lowest BCUT2D eigenvalue weighted by atomic mass is 9.97. The molecule has 174 valence electrons. The van der Waals surface area contributed by atoms with Gasteiger partial charge in [-0.25, -0.2) is 22.8 Å². The van der Waals surface area contributed by atoms with Gasteiger partial charge in [-0.1, -0.05) is 25.9 Å². The number of nitrogens with one attached hydrogen (secondary N) is 1. The van der Waals surface area contributed by atoms with E-state index in [1.54, 1.807) is 0 Å². The van der Waals surface area contributed by atoms with Crippen molar-refractivity contribution in [3.8, 4) is 11.3 Å². The first-order valence-electron chi connectivity index (χ1n) is 12.2. The molecule has 2 rings (SSSR count). The van der Waals surface area contributed by atoms with Gasteiger partial charge in [0.05, 0.1) is 36.3 Å². The fourth-order valence-electron chi connectivity index (χ4n) is 2.76. The van der Waals surface area contributed by atoms with Gasteiger partial charge in [0.25, 0.3) is 0 Å². The Morgan fingerprint density at radius 2 is 1.91 bits per heavy atom. The summed E-state index contributed by atoms with van der Waals surface area (Å²) in [6, 6.07) is 4.54. The van der Waals surface area contributed by atoms with Crippen LogP contribution in [0.5, 0.6) is 0 Å². The van der Waals surface area contributed by atoms with Gasteiger partial charge in [0.1, 0.15) is 5.82 Å². The molecule has 11 heteroatoms. The first-order valence-corrected chi connectivity index (χ1v) is 11.1. The number of nitrogens with zero attached hydrogens (tertiary/aromatic N) is 2. The number of anilines is 1. The molecule has 0 spiro atoms. The Kier molecular flexibility index (Phi) is 5.85. The van der Waals surface area contributed by atoms with Gasteiger partial charge in [-0.05, 0) is 30.2 Å². The number of sulfonamides is 1. The Bertz CT molecular complexity index is 1270. The molecule has 1 heterocycles. The summed E-state index contributed by atoms with van der Waals surface area (Å²) in [4.78, 5) is 18.8. The maximum absolute atomic E-state index is 13.6. The molecule has 2 aromatic rings. The summed E-state index contributed by atoms with van der Waals surface area (Å²) < 4.78 is 86.5. The van der Waals surface area contributed by atoms with Crippen LogP contribution in [0.2, 0.25) is 0 Å². The van der Waals surface area contributed by atoms with Crippen LogP contribution in [0.3, 0.4) is 0 Å². The Labute approximate surface area is 194 Å².